The first kappa shape index (κ1) is 18.9. The standard InChI is InChI=1S/C22H24N6O/c1-17-3-2-4-19(15-17)27-11-13-28(14-12-27)21-6-5-20(25-26-21)22(29)24-16-18-7-9-23-10-8-18/h2-10,15H,11-14,16H2,1H3,(H,24,29). The molecule has 0 bridgehead atoms. The molecule has 0 spiro atoms. The van der Waals surface area contributed by atoms with E-state index in [-0.39, 0.29) is 5.91 Å². The van der Waals surface area contributed by atoms with Gasteiger partial charge in [0.2, 0.25) is 0 Å². The number of hydrogen-bond acceptors (Lipinski definition) is 6. The number of pyridine rings is 1. The average molecular weight is 388 g/mol. The predicted molar refractivity (Wildman–Crippen MR) is 113 cm³/mol. The van der Waals surface area contributed by atoms with Crippen molar-refractivity contribution in [1.82, 2.24) is 20.5 Å². The second kappa shape index (κ2) is 8.68. The molecule has 7 heteroatoms. The van der Waals surface area contributed by atoms with Crippen LogP contribution in [0.15, 0.2) is 60.9 Å². The number of rotatable bonds is 5. The molecule has 1 aliphatic rings. The molecule has 0 atom stereocenters. The Hall–Kier alpha value is -3.48. The molecule has 3 aromatic rings. The first-order valence-corrected chi connectivity index (χ1v) is 9.76. The lowest BCUT2D eigenvalue weighted by Crippen LogP contribution is -2.47. The van der Waals surface area contributed by atoms with Crippen LogP contribution in [0.2, 0.25) is 0 Å². The van der Waals surface area contributed by atoms with E-state index in [0.717, 1.165) is 37.6 Å². The number of carbonyl (C=O) groups excluding carboxylic acids is 1. The summed E-state index contributed by atoms with van der Waals surface area (Å²) < 4.78 is 0. The minimum atomic E-state index is -0.231. The molecule has 1 amide bonds. The Balaban J connectivity index is 1.32. The number of hydrogen-bond donors (Lipinski definition) is 1. The van der Waals surface area contributed by atoms with E-state index in [1.54, 1.807) is 18.5 Å². The van der Waals surface area contributed by atoms with Gasteiger partial charge < -0.3 is 15.1 Å². The van der Waals surface area contributed by atoms with E-state index >= 15 is 0 Å². The fourth-order valence-electron chi connectivity index (χ4n) is 3.41. The SMILES string of the molecule is Cc1cccc(N2CCN(c3ccc(C(=O)NCc4ccncc4)nn3)CC2)c1. The number of piperazine rings is 1. The van der Waals surface area contributed by atoms with Crippen LogP contribution in [0.3, 0.4) is 0 Å². The molecule has 148 valence electrons. The summed E-state index contributed by atoms with van der Waals surface area (Å²) in [6, 6.07) is 15.9. The summed E-state index contributed by atoms with van der Waals surface area (Å²) in [6.45, 7) is 6.15. The number of benzene rings is 1. The van der Waals surface area contributed by atoms with E-state index in [1.807, 2.05) is 18.2 Å². The predicted octanol–water partition coefficient (Wildman–Crippen LogP) is 2.44. The average Bonchev–Trinajstić information content (AvgIpc) is 2.78. The van der Waals surface area contributed by atoms with Crippen LogP contribution in [0, 0.1) is 6.92 Å². The summed E-state index contributed by atoms with van der Waals surface area (Å²) in [4.78, 5) is 20.8. The van der Waals surface area contributed by atoms with Crippen LogP contribution >= 0.6 is 0 Å². The third-order valence-corrected chi connectivity index (χ3v) is 5.06. The molecule has 1 fully saturated rings. The molecule has 0 unspecified atom stereocenters. The molecule has 3 heterocycles. The highest BCUT2D eigenvalue weighted by atomic mass is 16.1. The molecular weight excluding hydrogens is 364 g/mol. The number of carbonyl (C=O) groups is 1. The Bertz CT molecular complexity index is 953. The van der Waals surface area contributed by atoms with Crippen molar-refractivity contribution in [1.29, 1.82) is 0 Å². The van der Waals surface area contributed by atoms with E-state index < -0.39 is 0 Å². The topological polar surface area (TPSA) is 74.2 Å². The normalized spacial score (nSPS) is 14.0. The smallest absolute Gasteiger partial charge is 0.272 e. The largest absolute Gasteiger partial charge is 0.368 e. The van der Waals surface area contributed by atoms with Gasteiger partial charge in [0.05, 0.1) is 0 Å². The van der Waals surface area contributed by atoms with Gasteiger partial charge in [-0.25, -0.2) is 0 Å². The minimum Gasteiger partial charge on any atom is -0.368 e. The quantitative estimate of drug-likeness (QED) is 0.724. The van der Waals surface area contributed by atoms with Gasteiger partial charge in [0.25, 0.3) is 5.91 Å². The molecule has 0 aliphatic carbocycles. The fourth-order valence-corrected chi connectivity index (χ4v) is 3.41. The highest BCUT2D eigenvalue weighted by Gasteiger charge is 2.19. The van der Waals surface area contributed by atoms with Gasteiger partial charge in [0, 0.05) is 50.8 Å². The molecule has 2 aromatic heterocycles. The van der Waals surface area contributed by atoms with Gasteiger partial charge in [-0.3, -0.25) is 9.78 Å². The summed E-state index contributed by atoms with van der Waals surface area (Å²) in [7, 11) is 0. The summed E-state index contributed by atoms with van der Waals surface area (Å²) in [5, 5.41) is 11.3. The Kier molecular flexibility index (Phi) is 5.65. The van der Waals surface area contributed by atoms with Gasteiger partial charge in [-0.1, -0.05) is 12.1 Å². The van der Waals surface area contributed by atoms with Crippen LogP contribution in [-0.4, -0.2) is 47.3 Å². The van der Waals surface area contributed by atoms with Crippen molar-refractivity contribution in [3.05, 3.63) is 77.7 Å². The van der Waals surface area contributed by atoms with Crippen LogP contribution in [-0.2, 0) is 6.54 Å². The van der Waals surface area contributed by atoms with Gasteiger partial charge >= 0.3 is 0 Å². The van der Waals surface area contributed by atoms with Gasteiger partial charge in [-0.2, -0.15) is 0 Å². The minimum absolute atomic E-state index is 0.231. The van der Waals surface area contributed by atoms with Gasteiger partial charge in [-0.05, 0) is 54.4 Å². The van der Waals surface area contributed by atoms with Crippen molar-refractivity contribution < 1.29 is 4.79 Å². The monoisotopic (exact) mass is 388 g/mol. The van der Waals surface area contributed by atoms with Crippen molar-refractivity contribution in [3.8, 4) is 0 Å². The lowest BCUT2D eigenvalue weighted by molar-refractivity contribution is 0.0945. The number of aryl methyl sites for hydroxylation is 1. The number of anilines is 2. The van der Waals surface area contributed by atoms with E-state index in [1.165, 1.54) is 11.3 Å². The molecule has 1 N–H and O–H groups in total. The lowest BCUT2D eigenvalue weighted by Gasteiger charge is -2.36. The zero-order chi connectivity index (χ0) is 20.1. The molecule has 7 nitrogen and oxygen atoms in total. The maximum atomic E-state index is 12.3. The maximum absolute atomic E-state index is 12.3. The van der Waals surface area contributed by atoms with Crippen LogP contribution < -0.4 is 15.1 Å². The van der Waals surface area contributed by atoms with Gasteiger partial charge in [0.15, 0.2) is 11.5 Å². The third-order valence-electron chi connectivity index (χ3n) is 5.06. The molecule has 4 rings (SSSR count). The van der Waals surface area contributed by atoms with Crippen molar-refractivity contribution in [3.63, 3.8) is 0 Å². The second-order valence-electron chi connectivity index (χ2n) is 7.13. The third kappa shape index (κ3) is 4.68. The molecule has 0 saturated carbocycles. The van der Waals surface area contributed by atoms with E-state index in [4.69, 9.17) is 0 Å². The Labute approximate surface area is 170 Å². The highest BCUT2D eigenvalue weighted by molar-refractivity contribution is 5.92. The van der Waals surface area contributed by atoms with E-state index in [0.29, 0.717) is 12.2 Å². The number of nitrogens with one attached hydrogen (secondary N) is 1. The van der Waals surface area contributed by atoms with Crippen molar-refractivity contribution in [2.75, 3.05) is 36.0 Å². The second-order valence-corrected chi connectivity index (χ2v) is 7.13. The summed E-state index contributed by atoms with van der Waals surface area (Å²) in [6.07, 6.45) is 3.41. The Morgan fingerprint density at radius 1 is 0.966 bits per heavy atom. The van der Waals surface area contributed by atoms with Crippen molar-refractivity contribution in [2.24, 2.45) is 0 Å². The Morgan fingerprint density at radius 3 is 2.41 bits per heavy atom. The summed E-state index contributed by atoms with van der Waals surface area (Å²) in [5.41, 5.74) is 3.84. The van der Waals surface area contributed by atoms with Crippen LogP contribution in [0.5, 0.6) is 0 Å². The molecule has 1 aliphatic heterocycles. The summed E-state index contributed by atoms with van der Waals surface area (Å²) in [5.74, 6) is 0.574. The van der Waals surface area contributed by atoms with E-state index in [2.05, 4.69) is 61.5 Å². The van der Waals surface area contributed by atoms with E-state index in [9.17, 15) is 4.79 Å². The number of aromatic nitrogens is 3. The fraction of sp³-hybridized carbons (Fsp3) is 0.273. The zero-order valence-corrected chi connectivity index (χ0v) is 16.5. The van der Waals surface area contributed by atoms with Crippen LogP contribution in [0.1, 0.15) is 21.6 Å². The van der Waals surface area contributed by atoms with Crippen LogP contribution in [0.4, 0.5) is 11.5 Å². The summed E-state index contributed by atoms with van der Waals surface area (Å²) >= 11 is 0. The van der Waals surface area contributed by atoms with Crippen molar-refractivity contribution >= 4 is 17.4 Å². The lowest BCUT2D eigenvalue weighted by atomic mass is 10.2. The maximum Gasteiger partial charge on any atom is 0.272 e. The van der Waals surface area contributed by atoms with Crippen LogP contribution in [0.25, 0.3) is 0 Å². The molecule has 1 saturated heterocycles. The molecular formula is C22H24N6O. The van der Waals surface area contributed by atoms with Gasteiger partial charge in [0.1, 0.15) is 0 Å². The molecule has 29 heavy (non-hydrogen) atoms. The first-order valence-electron chi connectivity index (χ1n) is 9.76. The number of amides is 1. The van der Waals surface area contributed by atoms with Crippen molar-refractivity contribution in [2.45, 2.75) is 13.5 Å². The highest BCUT2D eigenvalue weighted by Crippen LogP contribution is 2.20. The molecule has 0 radical (unpaired) electrons. The molecule has 1 aromatic carbocycles. The number of nitrogens with zero attached hydrogens (tertiary/aromatic N) is 5. The first-order chi connectivity index (χ1) is 14.2. The Morgan fingerprint density at radius 2 is 1.72 bits per heavy atom. The zero-order valence-electron chi connectivity index (χ0n) is 16.5. The van der Waals surface area contributed by atoms with Gasteiger partial charge in [-0.15, -0.1) is 10.2 Å².